The zero-order valence-corrected chi connectivity index (χ0v) is 21.4. The molecule has 1 N–H and O–H groups in total. The molecule has 1 amide bonds. The molecule has 0 bridgehead atoms. The van der Waals surface area contributed by atoms with E-state index in [0.29, 0.717) is 12.8 Å². The number of carbonyl (C=O) groups excluding carboxylic acids is 1. The van der Waals surface area contributed by atoms with Gasteiger partial charge in [0.2, 0.25) is 0 Å². The van der Waals surface area contributed by atoms with Crippen molar-refractivity contribution in [3.8, 4) is 0 Å². The van der Waals surface area contributed by atoms with Gasteiger partial charge in [-0.05, 0) is 64.9 Å². The fraction of sp³-hybridized carbons (Fsp3) is 0.519. The van der Waals surface area contributed by atoms with Crippen LogP contribution in [-0.2, 0) is 4.74 Å². The number of hydrogen-bond donors (Lipinski definition) is 1. The van der Waals surface area contributed by atoms with Gasteiger partial charge in [0, 0.05) is 47.8 Å². The minimum atomic E-state index is -1.31. The average molecular weight is 482 g/mol. The number of benzene rings is 2. The number of ether oxygens (including phenoxy) is 1. The molecule has 2 saturated heterocycles. The first-order chi connectivity index (χ1) is 16.1. The maximum Gasteiger partial charge on any atom is 0.413 e. The number of fused-ring (bicyclic) bond motifs is 2. The molecule has 1 unspecified atom stereocenters. The van der Waals surface area contributed by atoms with E-state index in [0.717, 1.165) is 32.6 Å². The van der Waals surface area contributed by atoms with Crippen molar-refractivity contribution in [3.63, 3.8) is 0 Å². The number of para-hydroxylation sites is 2. The van der Waals surface area contributed by atoms with Gasteiger partial charge in [-0.1, -0.05) is 36.0 Å². The van der Waals surface area contributed by atoms with Gasteiger partial charge >= 0.3 is 6.09 Å². The normalized spacial score (nSPS) is 24.2. The third kappa shape index (κ3) is 3.88. The molecule has 7 heteroatoms. The van der Waals surface area contributed by atoms with Crippen molar-refractivity contribution in [3.05, 3.63) is 48.5 Å². The van der Waals surface area contributed by atoms with Crippen LogP contribution in [0.5, 0.6) is 0 Å². The van der Waals surface area contributed by atoms with Gasteiger partial charge in [0.25, 0.3) is 0 Å². The molecule has 0 aliphatic carbocycles. The first-order valence-corrected chi connectivity index (χ1v) is 13.1. The number of carbonyl (C=O) groups is 1. The van der Waals surface area contributed by atoms with Gasteiger partial charge in [-0.2, -0.15) is 0 Å². The van der Waals surface area contributed by atoms with Crippen molar-refractivity contribution in [1.82, 2.24) is 9.80 Å². The third-order valence-corrected chi connectivity index (χ3v) is 8.62. The van der Waals surface area contributed by atoms with E-state index in [1.165, 1.54) is 26.1 Å². The molecule has 3 heterocycles. The van der Waals surface area contributed by atoms with Crippen LogP contribution in [0.1, 0.15) is 47.0 Å². The van der Waals surface area contributed by atoms with Crippen LogP contribution >= 0.6 is 11.8 Å². The van der Waals surface area contributed by atoms with Crippen molar-refractivity contribution in [2.24, 2.45) is 0 Å². The predicted molar refractivity (Wildman–Crippen MR) is 136 cm³/mol. The molecule has 1 spiro atoms. The number of piperidine rings is 1. The summed E-state index contributed by atoms with van der Waals surface area (Å²) in [6.45, 7) is 11.1. The first-order valence-electron chi connectivity index (χ1n) is 12.2. The molecule has 2 fully saturated rings. The summed E-state index contributed by atoms with van der Waals surface area (Å²) in [6.07, 6.45) is 1.91. The molecule has 5 rings (SSSR count). The Balaban J connectivity index is 1.22. The highest BCUT2D eigenvalue weighted by Gasteiger charge is 2.64. The topological polar surface area (TPSA) is 56.2 Å². The van der Waals surface area contributed by atoms with Gasteiger partial charge in [-0.25, -0.2) is 4.79 Å². The molecule has 0 saturated carbocycles. The van der Waals surface area contributed by atoms with Crippen LogP contribution in [0.3, 0.4) is 0 Å². The van der Waals surface area contributed by atoms with E-state index in [9.17, 15) is 9.90 Å². The zero-order valence-electron chi connectivity index (χ0n) is 20.6. The van der Waals surface area contributed by atoms with Gasteiger partial charge < -0.3 is 19.6 Å². The molecular formula is C27H35N3O3S. The summed E-state index contributed by atoms with van der Waals surface area (Å²) < 4.78 is 5.87. The van der Waals surface area contributed by atoms with Crippen molar-refractivity contribution in [2.45, 2.75) is 73.6 Å². The number of anilines is 2. The second kappa shape index (κ2) is 8.47. The van der Waals surface area contributed by atoms with E-state index in [-0.39, 0.29) is 0 Å². The minimum Gasteiger partial charge on any atom is -0.437 e. The number of nitrogens with zero attached hydrogens (tertiary/aromatic N) is 3. The minimum absolute atomic E-state index is 0.411. The molecule has 34 heavy (non-hydrogen) atoms. The lowest BCUT2D eigenvalue weighted by Gasteiger charge is -2.47. The van der Waals surface area contributed by atoms with E-state index in [2.05, 4.69) is 58.3 Å². The molecule has 1 atom stereocenters. The molecule has 0 radical (unpaired) electrons. The van der Waals surface area contributed by atoms with E-state index >= 15 is 0 Å². The van der Waals surface area contributed by atoms with Gasteiger partial charge in [0.1, 0.15) is 0 Å². The van der Waals surface area contributed by atoms with Crippen LogP contribution in [0.4, 0.5) is 16.2 Å². The number of rotatable bonds is 4. The Kier molecular flexibility index (Phi) is 5.86. The SMILES string of the molecule is CC(C)(C)N1C(=O)OC2(CCN(CCCN3c4ccccc4Sc4ccccc43)CC2)C1(C)O. The maximum absolute atomic E-state index is 12.7. The molecule has 2 aromatic rings. The van der Waals surface area contributed by atoms with Crippen LogP contribution in [0.2, 0.25) is 0 Å². The Hall–Kier alpha value is -2.22. The highest BCUT2D eigenvalue weighted by Crippen LogP contribution is 2.49. The Morgan fingerprint density at radius 1 is 0.971 bits per heavy atom. The summed E-state index contributed by atoms with van der Waals surface area (Å²) in [5, 5.41) is 11.4. The lowest BCUT2D eigenvalue weighted by atomic mass is 9.80. The molecule has 3 aliphatic heterocycles. The average Bonchev–Trinajstić information content (AvgIpc) is 2.98. The number of hydrogen-bond acceptors (Lipinski definition) is 6. The second-order valence-corrected chi connectivity index (χ2v) is 11.9. The van der Waals surface area contributed by atoms with E-state index < -0.39 is 23.0 Å². The smallest absolute Gasteiger partial charge is 0.413 e. The summed E-state index contributed by atoms with van der Waals surface area (Å²) in [4.78, 5) is 21.7. The largest absolute Gasteiger partial charge is 0.437 e. The number of likely N-dealkylation sites (tertiary alicyclic amines) is 1. The second-order valence-electron chi connectivity index (χ2n) is 10.8. The van der Waals surface area contributed by atoms with Crippen molar-refractivity contribution < 1.29 is 14.6 Å². The quantitative estimate of drug-likeness (QED) is 0.625. The number of aliphatic hydroxyl groups is 1. The summed E-state index contributed by atoms with van der Waals surface area (Å²) in [7, 11) is 0. The Bertz CT molecular complexity index is 1030. The lowest BCUT2D eigenvalue weighted by molar-refractivity contribution is -0.179. The Morgan fingerprint density at radius 3 is 2.06 bits per heavy atom. The lowest BCUT2D eigenvalue weighted by Crippen LogP contribution is -2.64. The van der Waals surface area contributed by atoms with Crippen molar-refractivity contribution in [1.29, 1.82) is 0 Å². The monoisotopic (exact) mass is 481 g/mol. The summed E-state index contributed by atoms with van der Waals surface area (Å²) in [6, 6.07) is 17.2. The van der Waals surface area contributed by atoms with Crippen LogP contribution in [0, 0.1) is 0 Å². The van der Waals surface area contributed by atoms with Crippen molar-refractivity contribution >= 4 is 29.2 Å². The predicted octanol–water partition coefficient (Wildman–Crippen LogP) is 5.47. The third-order valence-electron chi connectivity index (χ3n) is 7.49. The summed E-state index contributed by atoms with van der Waals surface area (Å²) >= 11 is 1.84. The number of amides is 1. The summed E-state index contributed by atoms with van der Waals surface area (Å²) in [5.74, 6) is 0. The maximum atomic E-state index is 12.7. The molecular weight excluding hydrogens is 446 g/mol. The van der Waals surface area contributed by atoms with Gasteiger partial charge in [-0.3, -0.25) is 4.90 Å². The van der Waals surface area contributed by atoms with E-state index in [1.807, 2.05) is 32.5 Å². The highest BCUT2D eigenvalue weighted by atomic mass is 32.2. The fourth-order valence-corrected chi connectivity index (χ4v) is 6.90. The molecule has 3 aliphatic rings. The van der Waals surface area contributed by atoms with Crippen molar-refractivity contribution in [2.75, 3.05) is 31.1 Å². The van der Waals surface area contributed by atoms with E-state index in [4.69, 9.17) is 4.74 Å². The first kappa shape index (κ1) is 23.5. The summed E-state index contributed by atoms with van der Waals surface area (Å²) in [5.41, 5.74) is -0.0936. The standard InChI is InChI=1S/C27H35N3O3S/c1-25(2,3)30-24(31)33-27(26(30,4)32)14-18-28(19-15-27)16-9-17-29-20-10-5-7-12-22(20)34-23-13-8-6-11-21(23)29/h5-8,10-13,32H,9,14-19H2,1-4H3. The van der Waals surface area contributed by atoms with Crippen LogP contribution in [-0.4, -0.2) is 64.0 Å². The van der Waals surface area contributed by atoms with Gasteiger partial charge in [0.15, 0.2) is 11.3 Å². The van der Waals surface area contributed by atoms with Gasteiger partial charge in [0.05, 0.1) is 11.4 Å². The molecule has 2 aromatic carbocycles. The van der Waals surface area contributed by atoms with E-state index in [1.54, 1.807) is 6.92 Å². The molecule has 0 aromatic heterocycles. The van der Waals surface area contributed by atoms with Gasteiger partial charge in [-0.15, -0.1) is 0 Å². The molecule has 6 nitrogen and oxygen atoms in total. The molecule has 182 valence electrons. The zero-order chi connectivity index (χ0) is 24.1. The Labute approximate surface area is 206 Å². The van der Waals surface area contributed by atoms with Crippen LogP contribution in [0.25, 0.3) is 0 Å². The highest BCUT2D eigenvalue weighted by molar-refractivity contribution is 7.99. The fourth-order valence-electron chi connectivity index (χ4n) is 5.81. The van der Waals surface area contributed by atoms with Crippen LogP contribution < -0.4 is 4.90 Å². The van der Waals surface area contributed by atoms with Crippen LogP contribution in [0.15, 0.2) is 58.3 Å². The Morgan fingerprint density at radius 2 is 1.53 bits per heavy atom.